The molecule has 2 aromatic rings. The van der Waals surface area contributed by atoms with Crippen LogP contribution in [0.4, 0.5) is 0 Å². The van der Waals surface area contributed by atoms with Crippen molar-refractivity contribution in [1.82, 2.24) is 0 Å². The highest BCUT2D eigenvalue weighted by molar-refractivity contribution is 7.12. The van der Waals surface area contributed by atoms with E-state index in [2.05, 4.69) is 0 Å². The van der Waals surface area contributed by atoms with Gasteiger partial charge in [0.2, 0.25) is 0 Å². The zero-order valence-corrected chi connectivity index (χ0v) is 13.4. The number of fused-ring (bicyclic) bond motifs is 1. The SMILES string of the molecule is Cc1ccsc1C(=O)OCC(=O)c1ccc2c(c1)CCCC2. The van der Waals surface area contributed by atoms with Gasteiger partial charge in [0.05, 0.1) is 0 Å². The lowest BCUT2D eigenvalue weighted by Crippen LogP contribution is -2.15. The molecule has 1 aromatic heterocycles. The molecule has 4 heteroatoms. The molecular weight excluding hydrogens is 296 g/mol. The van der Waals surface area contributed by atoms with E-state index in [-0.39, 0.29) is 12.4 Å². The number of hydrogen-bond donors (Lipinski definition) is 0. The number of carbonyl (C=O) groups excluding carboxylic acids is 2. The summed E-state index contributed by atoms with van der Waals surface area (Å²) in [5, 5.41) is 1.84. The van der Waals surface area contributed by atoms with Gasteiger partial charge in [-0.05, 0) is 66.8 Å². The van der Waals surface area contributed by atoms with Crippen LogP contribution in [0.3, 0.4) is 0 Å². The van der Waals surface area contributed by atoms with E-state index in [0.29, 0.717) is 10.4 Å². The first-order chi connectivity index (χ1) is 10.6. The zero-order chi connectivity index (χ0) is 15.5. The highest BCUT2D eigenvalue weighted by Gasteiger charge is 2.16. The topological polar surface area (TPSA) is 43.4 Å². The Kier molecular flexibility index (Phi) is 4.39. The van der Waals surface area contributed by atoms with E-state index in [1.807, 2.05) is 36.6 Å². The minimum atomic E-state index is -0.418. The molecule has 1 aliphatic rings. The summed E-state index contributed by atoms with van der Waals surface area (Å²) in [5.41, 5.74) is 4.12. The van der Waals surface area contributed by atoms with Crippen molar-refractivity contribution >= 4 is 23.1 Å². The van der Waals surface area contributed by atoms with Gasteiger partial charge in [0.25, 0.3) is 0 Å². The van der Waals surface area contributed by atoms with Crippen molar-refractivity contribution < 1.29 is 14.3 Å². The van der Waals surface area contributed by atoms with Gasteiger partial charge in [-0.25, -0.2) is 4.79 Å². The van der Waals surface area contributed by atoms with Crippen LogP contribution in [-0.4, -0.2) is 18.4 Å². The van der Waals surface area contributed by atoms with Gasteiger partial charge in [-0.15, -0.1) is 11.3 Å². The Labute approximate surface area is 133 Å². The van der Waals surface area contributed by atoms with E-state index in [1.54, 1.807) is 0 Å². The summed E-state index contributed by atoms with van der Waals surface area (Å²) in [5.74, 6) is -0.560. The van der Waals surface area contributed by atoms with Gasteiger partial charge in [0.15, 0.2) is 12.4 Å². The highest BCUT2D eigenvalue weighted by atomic mass is 32.1. The molecule has 0 atom stereocenters. The molecule has 22 heavy (non-hydrogen) atoms. The molecule has 114 valence electrons. The van der Waals surface area contributed by atoms with Crippen molar-refractivity contribution in [1.29, 1.82) is 0 Å². The molecule has 1 heterocycles. The van der Waals surface area contributed by atoms with Crippen molar-refractivity contribution in [2.24, 2.45) is 0 Å². The second-order valence-electron chi connectivity index (χ2n) is 5.62. The third kappa shape index (κ3) is 3.12. The van der Waals surface area contributed by atoms with Crippen LogP contribution in [0.1, 0.15) is 49.6 Å². The lowest BCUT2D eigenvalue weighted by Gasteiger charge is -2.16. The van der Waals surface area contributed by atoms with Crippen LogP contribution in [0.25, 0.3) is 0 Å². The van der Waals surface area contributed by atoms with E-state index in [0.717, 1.165) is 18.4 Å². The smallest absolute Gasteiger partial charge is 0.349 e. The van der Waals surface area contributed by atoms with Gasteiger partial charge in [-0.2, -0.15) is 0 Å². The summed E-state index contributed by atoms with van der Waals surface area (Å²) in [6, 6.07) is 7.71. The van der Waals surface area contributed by atoms with Crippen molar-refractivity contribution in [3.8, 4) is 0 Å². The molecule has 0 amide bonds. The van der Waals surface area contributed by atoms with Gasteiger partial charge in [-0.1, -0.05) is 12.1 Å². The fourth-order valence-corrected chi connectivity index (χ4v) is 3.59. The molecule has 0 spiro atoms. The van der Waals surface area contributed by atoms with Gasteiger partial charge in [0, 0.05) is 5.56 Å². The molecule has 0 saturated heterocycles. The monoisotopic (exact) mass is 314 g/mol. The Balaban J connectivity index is 1.65. The van der Waals surface area contributed by atoms with Gasteiger partial charge >= 0.3 is 5.97 Å². The molecule has 1 aromatic carbocycles. The van der Waals surface area contributed by atoms with Gasteiger partial charge in [-0.3, -0.25) is 4.79 Å². The molecule has 0 radical (unpaired) electrons. The quantitative estimate of drug-likeness (QED) is 0.633. The maximum atomic E-state index is 12.2. The normalized spacial score (nSPS) is 13.5. The standard InChI is InChI=1S/C18H18O3S/c1-12-8-9-22-17(12)18(20)21-11-16(19)15-7-6-13-4-2-3-5-14(13)10-15/h6-10H,2-5,11H2,1H3. The molecule has 0 fully saturated rings. The van der Waals surface area contributed by atoms with E-state index in [4.69, 9.17) is 4.74 Å². The predicted octanol–water partition coefficient (Wildman–Crippen LogP) is 3.98. The molecule has 3 nitrogen and oxygen atoms in total. The Bertz CT molecular complexity index is 715. The van der Waals surface area contributed by atoms with E-state index < -0.39 is 5.97 Å². The van der Waals surface area contributed by atoms with Crippen LogP contribution in [0, 0.1) is 6.92 Å². The Morgan fingerprint density at radius 1 is 1.14 bits per heavy atom. The maximum Gasteiger partial charge on any atom is 0.349 e. The number of esters is 1. The fraction of sp³-hybridized carbons (Fsp3) is 0.333. The van der Waals surface area contributed by atoms with E-state index >= 15 is 0 Å². The molecule has 0 N–H and O–H groups in total. The number of hydrogen-bond acceptors (Lipinski definition) is 4. The number of rotatable bonds is 4. The van der Waals surface area contributed by atoms with E-state index in [9.17, 15) is 9.59 Å². The first-order valence-corrected chi connectivity index (χ1v) is 8.39. The molecule has 3 rings (SSSR count). The fourth-order valence-electron chi connectivity index (χ4n) is 2.77. The van der Waals surface area contributed by atoms with Crippen LogP contribution >= 0.6 is 11.3 Å². The van der Waals surface area contributed by atoms with Crippen LogP contribution in [0.2, 0.25) is 0 Å². The third-order valence-electron chi connectivity index (χ3n) is 4.05. The third-order valence-corrected chi connectivity index (χ3v) is 5.05. The summed E-state index contributed by atoms with van der Waals surface area (Å²) in [6.07, 6.45) is 4.52. The summed E-state index contributed by atoms with van der Waals surface area (Å²) in [6.45, 7) is 1.66. The molecule has 0 bridgehead atoms. The van der Waals surface area contributed by atoms with Crippen molar-refractivity contribution in [3.63, 3.8) is 0 Å². The number of aryl methyl sites for hydroxylation is 3. The second-order valence-corrected chi connectivity index (χ2v) is 6.54. The Morgan fingerprint density at radius 3 is 2.64 bits per heavy atom. The Hall–Kier alpha value is -1.94. The number of carbonyl (C=O) groups is 2. The van der Waals surface area contributed by atoms with Crippen LogP contribution < -0.4 is 0 Å². The highest BCUT2D eigenvalue weighted by Crippen LogP contribution is 2.22. The summed E-state index contributed by atoms with van der Waals surface area (Å²) in [7, 11) is 0. The summed E-state index contributed by atoms with van der Waals surface area (Å²) < 4.78 is 5.15. The Morgan fingerprint density at radius 2 is 1.91 bits per heavy atom. The first-order valence-electron chi connectivity index (χ1n) is 7.51. The predicted molar refractivity (Wildman–Crippen MR) is 86.8 cm³/mol. The van der Waals surface area contributed by atoms with Gasteiger partial charge in [0.1, 0.15) is 4.88 Å². The van der Waals surface area contributed by atoms with E-state index in [1.165, 1.54) is 35.3 Å². The molecule has 0 saturated carbocycles. The van der Waals surface area contributed by atoms with Crippen LogP contribution in [-0.2, 0) is 17.6 Å². The summed E-state index contributed by atoms with van der Waals surface area (Å²) >= 11 is 1.34. The maximum absolute atomic E-state index is 12.2. The number of ether oxygens (including phenoxy) is 1. The lowest BCUT2D eigenvalue weighted by molar-refractivity contribution is 0.0479. The number of thiophene rings is 1. The van der Waals surface area contributed by atoms with Crippen molar-refractivity contribution in [3.05, 3.63) is 56.8 Å². The summed E-state index contributed by atoms with van der Waals surface area (Å²) in [4.78, 5) is 24.7. The van der Waals surface area contributed by atoms with Gasteiger partial charge < -0.3 is 4.74 Å². The molecule has 0 aliphatic heterocycles. The van der Waals surface area contributed by atoms with Crippen molar-refractivity contribution in [2.45, 2.75) is 32.6 Å². The average molecular weight is 314 g/mol. The number of Topliss-reactive ketones (excluding diaryl/α,β-unsaturated/α-hetero) is 1. The largest absolute Gasteiger partial charge is 0.453 e. The van der Waals surface area contributed by atoms with Crippen LogP contribution in [0.15, 0.2) is 29.6 Å². The second kappa shape index (κ2) is 6.44. The zero-order valence-electron chi connectivity index (χ0n) is 12.6. The minimum absolute atomic E-state index is 0.143. The van der Waals surface area contributed by atoms with Crippen molar-refractivity contribution in [2.75, 3.05) is 6.61 Å². The van der Waals surface area contributed by atoms with Crippen LogP contribution in [0.5, 0.6) is 0 Å². The lowest BCUT2D eigenvalue weighted by atomic mass is 9.90. The molecule has 1 aliphatic carbocycles. The number of benzene rings is 1. The first kappa shape index (κ1) is 15.0. The average Bonchev–Trinajstić information content (AvgIpc) is 2.98. The minimum Gasteiger partial charge on any atom is -0.453 e. The number of ketones is 1. The molecular formula is C18H18O3S. The molecule has 0 unspecified atom stereocenters.